The zero-order valence-corrected chi connectivity index (χ0v) is 24.4. The number of rotatable bonds is 5. The number of ether oxygens (including phenoxy) is 4. The van der Waals surface area contributed by atoms with Gasteiger partial charge in [0.05, 0.1) is 18.2 Å². The molecular formula is C31H38N4O5. The Morgan fingerprint density at radius 2 is 1.85 bits per heavy atom. The fourth-order valence-corrected chi connectivity index (χ4v) is 7.63. The molecule has 2 aromatic rings. The van der Waals surface area contributed by atoms with Gasteiger partial charge >= 0.3 is 0 Å². The number of piperazine rings is 1. The first-order chi connectivity index (χ1) is 19.2. The maximum absolute atomic E-state index is 12.2. The van der Waals surface area contributed by atoms with Crippen molar-refractivity contribution in [3.05, 3.63) is 50.6 Å². The van der Waals surface area contributed by atoms with Crippen molar-refractivity contribution < 1.29 is 23.7 Å². The molecule has 212 valence electrons. The number of carbonyl (C=O) groups excluding carboxylic acids is 1. The van der Waals surface area contributed by atoms with Gasteiger partial charge in [0.25, 0.3) is 0 Å². The standard InChI is InChI=1S/C31H38N4O5/c1-15-8-20-9-22-24(11-32)35-23(28(34(22)6)26(20)29(16(15)2)38-13-37-7)10-21-17(3)18(4)30-31(40-14-39-30)27(21)25(35)12-33-19(5)36/h8,22-25,28H,9-10,12-14H2,1-7H3,(H,33,36)/t22-,23?,24-,25-,28?/m0/s1. The van der Waals surface area contributed by atoms with Crippen LogP contribution in [0.15, 0.2) is 6.07 Å². The summed E-state index contributed by atoms with van der Waals surface area (Å²) < 4.78 is 23.6. The van der Waals surface area contributed by atoms with Gasteiger partial charge in [-0.3, -0.25) is 14.6 Å². The fourth-order valence-electron chi connectivity index (χ4n) is 7.63. The van der Waals surface area contributed by atoms with Crippen LogP contribution in [0.3, 0.4) is 0 Å². The summed E-state index contributed by atoms with van der Waals surface area (Å²) in [6, 6.07) is 4.28. The molecule has 6 rings (SSSR count). The van der Waals surface area contributed by atoms with E-state index in [0.717, 1.165) is 46.8 Å². The van der Waals surface area contributed by atoms with Gasteiger partial charge in [0.15, 0.2) is 18.3 Å². The first kappa shape index (κ1) is 26.9. The molecule has 4 heterocycles. The Morgan fingerprint density at radius 1 is 1.10 bits per heavy atom. The molecule has 4 aliphatic rings. The number of benzene rings is 2. The number of methoxy groups -OCH3 is 1. The van der Waals surface area contributed by atoms with Crippen molar-refractivity contribution in [2.45, 2.75) is 77.7 Å². The molecule has 0 aromatic heterocycles. The van der Waals surface area contributed by atoms with E-state index in [0.29, 0.717) is 6.54 Å². The van der Waals surface area contributed by atoms with Crippen molar-refractivity contribution in [2.75, 3.05) is 34.3 Å². The van der Waals surface area contributed by atoms with Crippen molar-refractivity contribution >= 4 is 5.91 Å². The Labute approximate surface area is 235 Å². The van der Waals surface area contributed by atoms with E-state index in [9.17, 15) is 10.1 Å². The second-order valence-corrected chi connectivity index (χ2v) is 11.6. The zero-order valence-electron chi connectivity index (χ0n) is 24.4. The molecule has 1 saturated heterocycles. The molecule has 9 nitrogen and oxygen atoms in total. The number of hydrogen-bond donors (Lipinski definition) is 1. The van der Waals surface area contributed by atoms with Gasteiger partial charge in [-0.15, -0.1) is 0 Å². The average molecular weight is 547 g/mol. The van der Waals surface area contributed by atoms with E-state index in [-0.39, 0.29) is 49.7 Å². The van der Waals surface area contributed by atoms with E-state index in [4.69, 9.17) is 18.9 Å². The number of fused-ring (bicyclic) bond motifs is 9. The first-order valence-corrected chi connectivity index (χ1v) is 14.0. The maximum Gasteiger partial charge on any atom is 0.231 e. The summed E-state index contributed by atoms with van der Waals surface area (Å²) >= 11 is 0. The predicted molar refractivity (Wildman–Crippen MR) is 149 cm³/mol. The normalized spacial score (nSPS) is 26.4. The minimum absolute atomic E-state index is 0.0115. The highest BCUT2D eigenvalue weighted by molar-refractivity contribution is 5.73. The van der Waals surface area contributed by atoms with Gasteiger partial charge in [0, 0.05) is 43.8 Å². The Balaban J connectivity index is 1.59. The van der Waals surface area contributed by atoms with Crippen LogP contribution >= 0.6 is 0 Å². The molecule has 0 spiro atoms. The van der Waals surface area contributed by atoms with E-state index < -0.39 is 0 Å². The highest BCUT2D eigenvalue weighted by atomic mass is 16.7. The number of likely N-dealkylation sites (N-methyl/N-ethyl adjacent to an activating group) is 1. The summed E-state index contributed by atoms with van der Waals surface area (Å²) in [5.41, 5.74) is 9.23. The molecule has 5 atom stereocenters. The lowest BCUT2D eigenvalue weighted by molar-refractivity contribution is -0.120. The monoisotopic (exact) mass is 546 g/mol. The summed E-state index contributed by atoms with van der Waals surface area (Å²) in [5.74, 6) is 2.31. The number of carbonyl (C=O) groups is 1. The summed E-state index contributed by atoms with van der Waals surface area (Å²) in [5, 5.41) is 13.8. The molecule has 2 aromatic carbocycles. The topological polar surface area (TPSA) is 96.3 Å². The third kappa shape index (κ3) is 3.80. The summed E-state index contributed by atoms with van der Waals surface area (Å²) in [7, 11) is 3.78. The van der Waals surface area contributed by atoms with E-state index in [2.05, 4.69) is 62.0 Å². The molecule has 4 aliphatic heterocycles. The van der Waals surface area contributed by atoms with Crippen molar-refractivity contribution in [1.82, 2.24) is 15.1 Å². The van der Waals surface area contributed by atoms with E-state index in [1.165, 1.54) is 34.7 Å². The zero-order chi connectivity index (χ0) is 28.5. The second-order valence-electron chi connectivity index (χ2n) is 11.6. The number of nitrogens with zero attached hydrogens (tertiary/aromatic N) is 3. The fraction of sp³-hybridized carbons (Fsp3) is 0.548. The van der Waals surface area contributed by atoms with Crippen LogP contribution < -0.4 is 19.5 Å². The number of amides is 1. The van der Waals surface area contributed by atoms with Gasteiger partial charge in [-0.25, -0.2) is 0 Å². The molecule has 0 saturated carbocycles. The van der Waals surface area contributed by atoms with Crippen LogP contribution in [0.4, 0.5) is 0 Å². The number of hydrogen-bond acceptors (Lipinski definition) is 8. The van der Waals surface area contributed by atoms with Crippen LogP contribution in [0.2, 0.25) is 0 Å². The molecule has 1 N–H and O–H groups in total. The van der Waals surface area contributed by atoms with E-state index in [1.54, 1.807) is 7.11 Å². The lowest BCUT2D eigenvalue weighted by atomic mass is 9.71. The van der Waals surface area contributed by atoms with Crippen molar-refractivity contribution in [2.24, 2.45) is 0 Å². The molecule has 1 fully saturated rings. The Kier molecular flexibility index (Phi) is 6.68. The second kappa shape index (κ2) is 9.95. The van der Waals surface area contributed by atoms with E-state index in [1.807, 2.05) is 0 Å². The predicted octanol–water partition coefficient (Wildman–Crippen LogP) is 3.54. The third-order valence-electron chi connectivity index (χ3n) is 9.68. The summed E-state index contributed by atoms with van der Waals surface area (Å²) in [4.78, 5) is 17.0. The van der Waals surface area contributed by atoms with Crippen molar-refractivity contribution in [3.63, 3.8) is 0 Å². The van der Waals surface area contributed by atoms with Gasteiger partial charge in [0.1, 0.15) is 11.8 Å². The molecule has 0 aliphatic carbocycles. The van der Waals surface area contributed by atoms with Crippen molar-refractivity contribution in [3.8, 4) is 23.3 Å². The molecular weight excluding hydrogens is 508 g/mol. The quantitative estimate of drug-likeness (QED) is 0.569. The summed E-state index contributed by atoms with van der Waals surface area (Å²) in [6.07, 6.45) is 1.48. The van der Waals surface area contributed by atoms with Gasteiger partial charge in [0.2, 0.25) is 12.7 Å². The minimum Gasteiger partial charge on any atom is -0.467 e. The number of aryl methyl sites for hydroxylation is 1. The summed E-state index contributed by atoms with van der Waals surface area (Å²) in [6.45, 7) is 10.7. The smallest absolute Gasteiger partial charge is 0.231 e. The van der Waals surface area contributed by atoms with Gasteiger partial charge in [-0.2, -0.15) is 5.26 Å². The molecule has 0 radical (unpaired) electrons. The van der Waals surface area contributed by atoms with Gasteiger partial charge in [-0.05, 0) is 81.0 Å². The van der Waals surface area contributed by atoms with Crippen molar-refractivity contribution in [1.29, 1.82) is 5.26 Å². The maximum atomic E-state index is 12.2. The van der Waals surface area contributed by atoms with Gasteiger partial charge in [-0.1, -0.05) is 6.07 Å². The molecule has 9 heteroatoms. The number of nitriles is 1. The van der Waals surface area contributed by atoms with Crippen LogP contribution in [0.25, 0.3) is 0 Å². The largest absolute Gasteiger partial charge is 0.467 e. The molecule has 2 bridgehead atoms. The Morgan fingerprint density at radius 3 is 2.55 bits per heavy atom. The van der Waals surface area contributed by atoms with Crippen LogP contribution in [0.5, 0.6) is 17.2 Å². The molecule has 1 amide bonds. The highest BCUT2D eigenvalue weighted by Gasteiger charge is 2.56. The average Bonchev–Trinajstić information content (AvgIpc) is 3.41. The minimum atomic E-state index is -0.379. The van der Waals surface area contributed by atoms with Crippen LogP contribution in [-0.4, -0.2) is 68.1 Å². The lowest BCUT2D eigenvalue weighted by Crippen LogP contribution is -2.68. The number of nitrogens with one attached hydrogen (secondary N) is 1. The first-order valence-electron chi connectivity index (χ1n) is 14.0. The third-order valence-corrected chi connectivity index (χ3v) is 9.68. The van der Waals surface area contributed by atoms with Crippen LogP contribution in [0.1, 0.15) is 63.5 Å². The SMILES string of the molecule is COCOc1c(C)c(C)cc2c1C1C3Cc4c(C)c(C)c5c(c4[C@H](CNC(C)=O)N3[C@@H](C#N)[C@H](C2)N1C)OCO5. The highest BCUT2D eigenvalue weighted by Crippen LogP contribution is 2.56. The Hall–Kier alpha value is -3.32. The van der Waals surface area contributed by atoms with Gasteiger partial charge < -0.3 is 24.3 Å². The Bertz CT molecular complexity index is 1430. The molecule has 40 heavy (non-hydrogen) atoms. The van der Waals surface area contributed by atoms with Crippen LogP contribution in [-0.2, 0) is 22.4 Å². The lowest BCUT2D eigenvalue weighted by Gasteiger charge is -2.60. The molecule has 2 unspecified atom stereocenters. The van der Waals surface area contributed by atoms with Crippen LogP contribution in [0, 0.1) is 39.0 Å². The van der Waals surface area contributed by atoms with E-state index >= 15 is 0 Å².